The van der Waals surface area contributed by atoms with Crippen molar-refractivity contribution in [1.29, 1.82) is 0 Å². The second-order valence-corrected chi connectivity index (χ2v) is 4.70. The van der Waals surface area contributed by atoms with Crippen LogP contribution in [0.15, 0.2) is 0 Å². The van der Waals surface area contributed by atoms with E-state index in [-0.39, 0.29) is 18.6 Å². The second kappa shape index (κ2) is 5.95. The Bertz CT molecular complexity index is 416. The number of carbonyl (C=O) groups is 1. The van der Waals surface area contributed by atoms with Crippen LogP contribution in [0.5, 0.6) is 0 Å². The van der Waals surface area contributed by atoms with Crippen LogP contribution in [0.4, 0.5) is 0 Å². The number of aryl methyl sites for hydroxylation is 1. The number of amides is 1. The summed E-state index contributed by atoms with van der Waals surface area (Å²) in [6, 6.07) is -0.106. The quantitative estimate of drug-likeness (QED) is 0.725. The maximum absolute atomic E-state index is 11.7. The molecule has 0 aromatic carbocycles. The average Bonchev–Trinajstić information content (AvgIpc) is 2.90. The van der Waals surface area contributed by atoms with Crippen molar-refractivity contribution in [2.24, 2.45) is 0 Å². The largest absolute Gasteiger partial charge is 0.396 e. The van der Waals surface area contributed by atoms with Gasteiger partial charge in [-0.05, 0) is 26.2 Å². The van der Waals surface area contributed by atoms with Gasteiger partial charge in [-0.2, -0.15) is 0 Å². The van der Waals surface area contributed by atoms with Gasteiger partial charge in [0.2, 0.25) is 5.91 Å². The fraction of sp³-hybridized carbons (Fsp3) is 0.750. The Kier molecular flexibility index (Phi) is 4.30. The Labute approximate surface area is 106 Å². The van der Waals surface area contributed by atoms with Gasteiger partial charge in [0.15, 0.2) is 5.82 Å². The molecule has 0 bridgehead atoms. The van der Waals surface area contributed by atoms with Crippen LogP contribution < -0.4 is 5.32 Å². The smallest absolute Gasteiger partial charge is 0.220 e. The number of hydrogen-bond donors (Lipinski definition) is 2. The normalized spacial score (nSPS) is 15.4. The molecular weight excluding hydrogens is 232 g/mol. The number of rotatable bonds is 6. The van der Waals surface area contributed by atoms with E-state index >= 15 is 0 Å². The molecule has 0 saturated carbocycles. The van der Waals surface area contributed by atoms with Gasteiger partial charge in [0.05, 0.1) is 6.04 Å². The summed E-state index contributed by atoms with van der Waals surface area (Å²) in [6.07, 6.45) is 3.92. The molecule has 0 spiro atoms. The second-order valence-electron chi connectivity index (χ2n) is 4.70. The van der Waals surface area contributed by atoms with Gasteiger partial charge >= 0.3 is 0 Å². The highest BCUT2D eigenvalue weighted by Gasteiger charge is 2.21. The van der Waals surface area contributed by atoms with Gasteiger partial charge in [-0.15, -0.1) is 10.2 Å². The molecule has 0 aliphatic carbocycles. The van der Waals surface area contributed by atoms with Crippen LogP contribution in [0, 0.1) is 0 Å². The minimum absolute atomic E-state index is 0.00583. The fourth-order valence-electron chi connectivity index (χ4n) is 2.27. The maximum atomic E-state index is 11.7. The first kappa shape index (κ1) is 13.0. The first-order valence-corrected chi connectivity index (χ1v) is 6.54. The lowest BCUT2D eigenvalue weighted by atomic mass is 10.2. The monoisotopic (exact) mass is 252 g/mol. The van der Waals surface area contributed by atoms with Crippen molar-refractivity contribution >= 4 is 5.91 Å². The third-order valence-corrected chi connectivity index (χ3v) is 3.21. The van der Waals surface area contributed by atoms with Gasteiger partial charge in [0, 0.05) is 26.0 Å². The van der Waals surface area contributed by atoms with Gasteiger partial charge in [-0.25, -0.2) is 0 Å². The van der Waals surface area contributed by atoms with Crippen molar-refractivity contribution in [3.8, 4) is 0 Å². The highest BCUT2D eigenvalue weighted by atomic mass is 16.3. The third-order valence-electron chi connectivity index (χ3n) is 3.21. The Morgan fingerprint density at radius 2 is 2.33 bits per heavy atom. The predicted molar refractivity (Wildman–Crippen MR) is 65.8 cm³/mol. The van der Waals surface area contributed by atoms with Crippen molar-refractivity contribution in [1.82, 2.24) is 20.1 Å². The number of nitrogens with one attached hydrogen (secondary N) is 1. The molecule has 1 amide bonds. The molecule has 18 heavy (non-hydrogen) atoms. The number of aliphatic hydroxyl groups excluding tert-OH is 1. The van der Waals surface area contributed by atoms with Crippen LogP contribution in [0.25, 0.3) is 0 Å². The molecule has 1 aromatic heterocycles. The van der Waals surface area contributed by atoms with Crippen molar-refractivity contribution in [2.75, 3.05) is 6.61 Å². The Balaban J connectivity index is 1.87. The molecule has 1 aliphatic heterocycles. The van der Waals surface area contributed by atoms with E-state index in [9.17, 15) is 4.79 Å². The van der Waals surface area contributed by atoms with E-state index in [1.807, 2.05) is 6.92 Å². The van der Waals surface area contributed by atoms with Crippen LogP contribution >= 0.6 is 0 Å². The van der Waals surface area contributed by atoms with E-state index < -0.39 is 0 Å². The first-order chi connectivity index (χ1) is 8.72. The van der Waals surface area contributed by atoms with Crippen molar-refractivity contribution in [3.05, 3.63) is 11.6 Å². The van der Waals surface area contributed by atoms with Crippen LogP contribution in [-0.4, -0.2) is 32.4 Å². The zero-order chi connectivity index (χ0) is 13.0. The number of aliphatic hydroxyl groups is 1. The molecule has 1 aromatic rings. The highest BCUT2D eigenvalue weighted by molar-refractivity contribution is 5.76. The summed E-state index contributed by atoms with van der Waals surface area (Å²) in [7, 11) is 0. The summed E-state index contributed by atoms with van der Waals surface area (Å²) in [5, 5.41) is 19.9. The van der Waals surface area contributed by atoms with Gasteiger partial charge in [0.25, 0.3) is 0 Å². The lowest BCUT2D eigenvalue weighted by Gasteiger charge is -2.13. The predicted octanol–water partition coefficient (Wildman–Crippen LogP) is 0.564. The molecule has 100 valence electrons. The van der Waals surface area contributed by atoms with Crippen molar-refractivity contribution in [3.63, 3.8) is 0 Å². The molecule has 1 unspecified atom stereocenters. The summed E-state index contributed by atoms with van der Waals surface area (Å²) in [4.78, 5) is 11.7. The van der Waals surface area contributed by atoms with Crippen LogP contribution in [0.3, 0.4) is 0 Å². The number of nitrogens with zero attached hydrogens (tertiary/aromatic N) is 3. The Morgan fingerprint density at radius 3 is 3.11 bits per heavy atom. The van der Waals surface area contributed by atoms with Crippen LogP contribution in [-0.2, 0) is 17.8 Å². The third kappa shape index (κ3) is 2.87. The van der Waals surface area contributed by atoms with Crippen molar-refractivity contribution < 1.29 is 9.90 Å². The standard InChI is InChI=1S/C12H20N4O2/c1-9(13-11(18)6-2-3-8-17)12-15-14-10-5-4-7-16(10)12/h9,17H,2-8H2,1H3,(H,13,18). The van der Waals surface area contributed by atoms with E-state index in [0.29, 0.717) is 19.3 Å². The lowest BCUT2D eigenvalue weighted by Crippen LogP contribution is -2.28. The molecule has 0 fully saturated rings. The van der Waals surface area contributed by atoms with Crippen LogP contribution in [0.1, 0.15) is 50.3 Å². The average molecular weight is 252 g/mol. The molecule has 2 rings (SSSR count). The molecule has 2 N–H and O–H groups in total. The van der Waals surface area contributed by atoms with Crippen LogP contribution in [0.2, 0.25) is 0 Å². The maximum Gasteiger partial charge on any atom is 0.220 e. The molecule has 1 atom stereocenters. The van der Waals surface area contributed by atoms with E-state index in [2.05, 4.69) is 20.1 Å². The Hall–Kier alpha value is -1.43. The van der Waals surface area contributed by atoms with Gasteiger partial charge < -0.3 is 15.0 Å². The summed E-state index contributed by atoms with van der Waals surface area (Å²) >= 11 is 0. The lowest BCUT2D eigenvalue weighted by molar-refractivity contribution is -0.121. The Morgan fingerprint density at radius 1 is 1.50 bits per heavy atom. The SMILES string of the molecule is CC(NC(=O)CCCCO)c1nnc2n1CCC2. The zero-order valence-electron chi connectivity index (χ0n) is 10.7. The van der Waals surface area contributed by atoms with E-state index in [0.717, 1.165) is 31.0 Å². The summed E-state index contributed by atoms with van der Waals surface area (Å²) in [6.45, 7) is 3.02. The summed E-state index contributed by atoms with van der Waals surface area (Å²) in [5.74, 6) is 1.87. The number of aromatic nitrogens is 3. The highest BCUT2D eigenvalue weighted by Crippen LogP contribution is 2.18. The number of carbonyl (C=O) groups excluding carboxylic acids is 1. The minimum atomic E-state index is -0.106. The van der Waals surface area contributed by atoms with E-state index in [1.54, 1.807) is 0 Å². The van der Waals surface area contributed by atoms with Gasteiger partial charge in [-0.3, -0.25) is 4.79 Å². The van der Waals surface area contributed by atoms with Gasteiger partial charge in [0.1, 0.15) is 5.82 Å². The van der Waals surface area contributed by atoms with E-state index in [4.69, 9.17) is 5.11 Å². The van der Waals surface area contributed by atoms with Crippen molar-refractivity contribution in [2.45, 2.75) is 51.6 Å². The van der Waals surface area contributed by atoms with E-state index in [1.165, 1.54) is 0 Å². The molecular formula is C12H20N4O2. The summed E-state index contributed by atoms with van der Waals surface area (Å²) < 4.78 is 2.10. The first-order valence-electron chi connectivity index (χ1n) is 6.54. The molecule has 6 heteroatoms. The molecule has 2 heterocycles. The topological polar surface area (TPSA) is 80.0 Å². The molecule has 1 aliphatic rings. The number of unbranched alkanes of at least 4 members (excludes halogenated alkanes) is 1. The number of hydrogen-bond acceptors (Lipinski definition) is 4. The summed E-state index contributed by atoms with van der Waals surface area (Å²) in [5.41, 5.74) is 0. The minimum Gasteiger partial charge on any atom is -0.396 e. The molecule has 0 radical (unpaired) electrons. The number of fused-ring (bicyclic) bond motifs is 1. The van der Waals surface area contributed by atoms with Gasteiger partial charge in [-0.1, -0.05) is 0 Å². The molecule has 6 nitrogen and oxygen atoms in total. The molecule has 0 saturated heterocycles. The zero-order valence-corrected chi connectivity index (χ0v) is 10.7. The fourth-order valence-corrected chi connectivity index (χ4v) is 2.27.